The lowest BCUT2D eigenvalue weighted by atomic mass is 9.91. The molecule has 2 aliphatic rings. The van der Waals surface area contributed by atoms with E-state index in [1.54, 1.807) is 17.4 Å². The molecule has 0 atom stereocenters. The molecule has 1 saturated heterocycles. The first-order valence-corrected chi connectivity index (χ1v) is 16.8. The molecule has 5 rings (SSSR count). The van der Waals surface area contributed by atoms with Crippen LogP contribution in [-0.2, 0) is 16.1 Å². The summed E-state index contributed by atoms with van der Waals surface area (Å²) in [5, 5.41) is 5.98. The molecule has 3 N–H and O–H groups in total. The van der Waals surface area contributed by atoms with Gasteiger partial charge >= 0.3 is 0 Å². The Kier molecular flexibility index (Phi) is 12.3. The summed E-state index contributed by atoms with van der Waals surface area (Å²) in [6, 6.07) is 10.3. The Balaban J connectivity index is 0.000000237. The Morgan fingerprint density at radius 3 is 2.49 bits per heavy atom. The minimum absolute atomic E-state index is 0.124. The van der Waals surface area contributed by atoms with Crippen molar-refractivity contribution in [2.45, 2.75) is 84.2 Å². The summed E-state index contributed by atoms with van der Waals surface area (Å²) in [5.41, 5.74) is 9.04. The van der Waals surface area contributed by atoms with Gasteiger partial charge < -0.3 is 10.6 Å². The average molecular weight is 621 g/mol. The smallest absolute Gasteiger partial charge is 0.290 e. The predicted molar refractivity (Wildman–Crippen MR) is 174 cm³/mol. The van der Waals surface area contributed by atoms with Crippen LogP contribution < -0.4 is 11.1 Å². The highest BCUT2D eigenvalue weighted by molar-refractivity contribution is 8.18. The molecule has 0 aromatic carbocycles. The second-order valence-corrected chi connectivity index (χ2v) is 12.5. The molecule has 0 unspecified atom stereocenters. The van der Waals surface area contributed by atoms with Gasteiger partial charge in [0.05, 0.1) is 28.5 Å². The molecular formula is C32H40N6O3S2. The minimum Gasteiger partial charge on any atom is -0.368 e. The van der Waals surface area contributed by atoms with Gasteiger partial charge in [-0.05, 0) is 73.2 Å². The second kappa shape index (κ2) is 16.3. The molecule has 1 aliphatic carbocycles. The Labute approximate surface area is 261 Å². The molecule has 3 aromatic rings. The van der Waals surface area contributed by atoms with Crippen molar-refractivity contribution in [3.05, 3.63) is 63.6 Å². The first kappa shape index (κ1) is 32.3. The fraction of sp³-hybridized carbons (Fsp3) is 0.438. The molecule has 1 aliphatic heterocycles. The molecule has 4 heterocycles. The van der Waals surface area contributed by atoms with Gasteiger partial charge in [0.25, 0.3) is 11.1 Å². The number of anilines is 1. The maximum Gasteiger partial charge on any atom is 0.290 e. The van der Waals surface area contributed by atoms with Gasteiger partial charge in [-0.25, -0.2) is 9.97 Å². The van der Waals surface area contributed by atoms with E-state index in [0.29, 0.717) is 29.1 Å². The van der Waals surface area contributed by atoms with Crippen molar-refractivity contribution in [2.75, 3.05) is 5.73 Å². The summed E-state index contributed by atoms with van der Waals surface area (Å²) in [6.45, 7) is 5.02. The number of thiophene rings is 1. The predicted octanol–water partition coefficient (Wildman–Crippen LogP) is 7.07. The third-order valence-electron chi connectivity index (χ3n) is 7.49. The van der Waals surface area contributed by atoms with E-state index in [1.807, 2.05) is 0 Å². The van der Waals surface area contributed by atoms with Crippen molar-refractivity contribution in [1.29, 1.82) is 0 Å². The van der Waals surface area contributed by atoms with Gasteiger partial charge in [-0.1, -0.05) is 52.0 Å². The molecule has 9 nitrogen and oxygen atoms in total. The fourth-order valence-electron chi connectivity index (χ4n) is 5.44. The van der Waals surface area contributed by atoms with Crippen molar-refractivity contribution >= 4 is 52.2 Å². The molecule has 3 amide bonds. The molecule has 2 fully saturated rings. The lowest BCUT2D eigenvalue weighted by Gasteiger charge is -2.36. The van der Waals surface area contributed by atoms with Crippen LogP contribution in [0.15, 0.2) is 52.2 Å². The van der Waals surface area contributed by atoms with Gasteiger partial charge in [0, 0.05) is 29.1 Å². The number of rotatable bonds is 10. The molecule has 0 spiro atoms. The molecule has 0 radical (unpaired) electrons. The zero-order chi connectivity index (χ0) is 30.6. The van der Waals surface area contributed by atoms with Crippen LogP contribution in [0.2, 0.25) is 0 Å². The van der Waals surface area contributed by atoms with Gasteiger partial charge in [-0.15, -0.1) is 0 Å². The first-order valence-electron chi connectivity index (χ1n) is 15.0. The van der Waals surface area contributed by atoms with Crippen molar-refractivity contribution < 1.29 is 14.4 Å². The summed E-state index contributed by atoms with van der Waals surface area (Å²) in [6.07, 6.45) is 13.2. The SMILES string of the molecule is CCCC(CCC)C(=O)N(Cc1cccc(-c2ccsc2)n1)C1CCCCC1.Nc1nccc(/C=C2\SC(=O)NC2=O)n1. The van der Waals surface area contributed by atoms with Crippen LogP contribution in [0.25, 0.3) is 17.3 Å². The van der Waals surface area contributed by atoms with E-state index in [-0.39, 0.29) is 17.1 Å². The van der Waals surface area contributed by atoms with Crippen molar-refractivity contribution in [2.24, 2.45) is 5.92 Å². The van der Waals surface area contributed by atoms with Crippen molar-refractivity contribution in [3.8, 4) is 11.3 Å². The molecule has 0 bridgehead atoms. The van der Waals surface area contributed by atoms with Gasteiger partial charge in [-0.2, -0.15) is 11.3 Å². The van der Waals surface area contributed by atoms with Crippen LogP contribution in [0, 0.1) is 5.92 Å². The Hall–Kier alpha value is -3.57. The van der Waals surface area contributed by atoms with Gasteiger partial charge in [0.2, 0.25) is 11.9 Å². The minimum atomic E-state index is -0.415. The standard InChI is InChI=1S/C24H34N2OS.C8H6N4O2S/c1-3-9-19(10-4-2)24(27)26(22-12-6-5-7-13-22)17-21-11-8-14-23(25-21)20-15-16-28-18-20;9-7-10-2-1-4(11-7)3-5-6(13)12-8(14)15-5/h8,11,14-16,18-19,22H,3-7,9-10,12-13,17H2,1-2H3;1-3H,(H2,9,10,11)(H,12,13,14)/b;5-3-. The lowest BCUT2D eigenvalue weighted by Crippen LogP contribution is -2.44. The van der Waals surface area contributed by atoms with Gasteiger partial charge in [-0.3, -0.25) is 24.7 Å². The fourth-order valence-corrected chi connectivity index (χ4v) is 6.76. The lowest BCUT2D eigenvalue weighted by molar-refractivity contribution is -0.140. The van der Waals surface area contributed by atoms with E-state index in [2.05, 4.69) is 69.1 Å². The largest absolute Gasteiger partial charge is 0.368 e. The van der Waals surface area contributed by atoms with Gasteiger partial charge in [0.15, 0.2) is 0 Å². The van der Waals surface area contributed by atoms with E-state index >= 15 is 0 Å². The van der Waals surface area contributed by atoms with E-state index in [9.17, 15) is 14.4 Å². The highest BCUT2D eigenvalue weighted by Crippen LogP contribution is 2.29. The molecule has 3 aromatic heterocycles. The summed E-state index contributed by atoms with van der Waals surface area (Å²) in [7, 11) is 0. The number of hydrogen-bond acceptors (Lipinski definition) is 9. The third-order valence-corrected chi connectivity index (χ3v) is 8.99. The number of hydrogen-bond donors (Lipinski definition) is 2. The Morgan fingerprint density at radius 1 is 1.09 bits per heavy atom. The average Bonchev–Trinajstić information content (AvgIpc) is 3.66. The quantitative estimate of drug-likeness (QED) is 0.230. The molecule has 1 saturated carbocycles. The number of aromatic nitrogens is 3. The highest BCUT2D eigenvalue weighted by Gasteiger charge is 2.30. The van der Waals surface area contributed by atoms with Crippen LogP contribution in [0.5, 0.6) is 0 Å². The summed E-state index contributed by atoms with van der Waals surface area (Å²) in [4.78, 5) is 50.6. The molecule has 11 heteroatoms. The van der Waals surface area contributed by atoms with E-state index < -0.39 is 5.91 Å². The Morgan fingerprint density at radius 2 is 1.86 bits per heavy atom. The number of pyridine rings is 1. The number of nitrogens with one attached hydrogen (secondary N) is 1. The van der Waals surface area contributed by atoms with E-state index in [1.165, 1.54) is 31.5 Å². The molecule has 228 valence electrons. The van der Waals surface area contributed by atoms with Crippen LogP contribution in [-0.4, -0.2) is 42.9 Å². The summed E-state index contributed by atoms with van der Waals surface area (Å²) < 4.78 is 0. The number of nitrogen functional groups attached to an aromatic ring is 1. The van der Waals surface area contributed by atoms with Crippen LogP contribution >= 0.6 is 23.1 Å². The van der Waals surface area contributed by atoms with Crippen LogP contribution in [0.3, 0.4) is 0 Å². The number of carbonyl (C=O) groups is 3. The van der Waals surface area contributed by atoms with Crippen LogP contribution in [0.4, 0.5) is 10.7 Å². The normalized spacial score (nSPS) is 16.2. The van der Waals surface area contributed by atoms with Crippen molar-refractivity contribution in [3.63, 3.8) is 0 Å². The maximum absolute atomic E-state index is 13.5. The maximum atomic E-state index is 13.5. The van der Waals surface area contributed by atoms with Crippen LogP contribution in [0.1, 0.15) is 83.0 Å². The topological polar surface area (TPSA) is 131 Å². The third kappa shape index (κ3) is 9.46. The number of nitrogens with two attached hydrogens (primary N) is 1. The monoisotopic (exact) mass is 620 g/mol. The zero-order valence-corrected chi connectivity index (χ0v) is 26.5. The zero-order valence-electron chi connectivity index (χ0n) is 24.8. The number of imide groups is 1. The highest BCUT2D eigenvalue weighted by atomic mass is 32.2. The summed E-state index contributed by atoms with van der Waals surface area (Å²) in [5.74, 6) is 0.233. The summed E-state index contributed by atoms with van der Waals surface area (Å²) >= 11 is 2.53. The molecular weight excluding hydrogens is 581 g/mol. The van der Waals surface area contributed by atoms with Crippen molar-refractivity contribution in [1.82, 2.24) is 25.2 Å². The number of thioether (sulfide) groups is 1. The van der Waals surface area contributed by atoms with E-state index in [4.69, 9.17) is 10.7 Å². The number of amides is 3. The number of carbonyl (C=O) groups excluding carboxylic acids is 3. The Bertz CT molecular complexity index is 1400. The number of nitrogens with zero attached hydrogens (tertiary/aromatic N) is 4. The first-order chi connectivity index (χ1) is 20.9. The molecule has 43 heavy (non-hydrogen) atoms. The second-order valence-electron chi connectivity index (χ2n) is 10.8. The van der Waals surface area contributed by atoms with E-state index in [0.717, 1.165) is 67.2 Å². The van der Waals surface area contributed by atoms with Gasteiger partial charge in [0.1, 0.15) is 0 Å².